The van der Waals surface area contributed by atoms with Gasteiger partial charge in [0.25, 0.3) is 0 Å². The number of guanidine groups is 1. The van der Waals surface area contributed by atoms with Crippen LogP contribution in [0.2, 0.25) is 0 Å². The molecular formula is C13H19N3. The molecule has 1 aliphatic heterocycles. The molecule has 0 radical (unpaired) electrons. The minimum Gasteiger partial charge on any atom is -0.370 e. The van der Waals surface area contributed by atoms with Gasteiger partial charge < -0.3 is 10.6 Å². The van der Waals surface area contributed by atoms with Crippen LogP contribution in [-0.2, 0) is 0 Å². The Morgan fingerprint density at radius 3 is 2.50 bits per heavy atom. The fourth-order valence-electron chi connectivity index (χ4n) is 2.05. The minimum atomic E-state index is 0.391. The van der Waals surface area contributed by atoms with E-state index < -0.39 is 0 Å². The number of hydrogen-bond acceptors (Lipinski definition) is 3. The summed E-state index contributed by atoms with van der Waals surface area (Å²) in [7, 11) is 0. The van der Waals surface area contributed by atoms with E-state index >= 15 is 0 Å². The van der Waals surface area contributed by atoms with Gasteiger partial charge in [0.05, 0.1) is 12.6 Å². The molecule has 2 N–H and O–H groups in total. The highest BCUT2D eigenvalue weighted by molar-refractivity contribution is 5.97. The second-order valence-electron chi connectivity index (χ2n) is 4.72. The zero-order valence-electron chi connectivity index (χ0n) is 10.1. The first-order chi connectivity index (χ1) is 7.59. The van der Waals surface area contributed by atoms with Crippen molar-refractivity contribution in [3.05, 3.63) is 29.8 Å². The Bertz CT molecular complexity index is 392. The summed E-state index contributed by atoms with van der Waals surface area (Å²) in [6.07, 6.45) is 0. The smallest absolute Gasteiger partial charge is 0.196 e. The fraction of sp³-hybridized carbons (Fsp3) is 0.462. The first kappa shape index (κ1) is 11.0. The van der Waals surface area contributed by atoms with Gasteiger partial charge >= 0.3 is 0 Å². The Balaban J connectivity index is 2.30. The van der Waals surface area contributed by atoms with Gasteiger partial charge in [-0.1, -0.05) is 31.5 Å². The van der Waals surface area contributed by atoms with Crippen molar-refractivity contribution >= 4 is 11.6 Å². The topological polar surface area (TPSA) is 41.6 Å². The number of rotatable bonds is 2. The van der Waals surface area contributed by atoms with E-state index in [1.807, 2.05) is 0 Å². The summed E-state index contributed by atoms with van der Waals surface area (Å²) in [5.74, 6) is 1.19. The van der Waals surface area contributed by atoms with Gasteiger partial charge in [0.2, 0.25) is 0 Å². The van der Waals surface area contributed by atoms with Crippen molar-refractivity contribution < 1.29 is 0 Å². The highest BCUT2D eigenvalue weighted by atomic mass is 15.3. The lowest BCUT2D eigenvalue weighted by Gasteiger charge is -2.29. The Morgan fingerprint density at radius 2 is 1.94 bits per heavy atom. The summed E-state index contributed by atoms with van der Waals surface area (Å²) < 4.78 is 0. The van der Waals surface area contributed by atoms with Crippen molar-refractivity contribution in [1.82, 2.24) is 0 Å². The molecule has 0 saturated carbocycles. The van der Waals surface area contributed by atoms with Crippen LogP contribution in [0.25, 0.3) is 0 Å². The Hall–Kier alpha value is -1.51. The molecule has 2 rings (SSSR count). The third kappa shape index (κ3) is 1.90. The fourth-order valence-corrected chi connectivity index (χ4v) is 2.05. The van der Waals surface area contributed by atoms with E-state index in [2.05, 4.69) is 54.9 Å². The Labute approximate surface area is 97.0 Å². The molecule has 0 aromatic heterocycles. The molecule has 3 heteroatoms. The van der Waals surface area contributed by atoms with Crippen LogP contribution in [0.15, 0.2) is 29.3 Å². The van der Waals surface area contributed by atoms with Gasteiger partial charge in [-0.05, 0) is 25.0 Å². The maximum absolute atomic E-state index is 5.95. The molecule has 1 aromatic carbocycles. The normalized spacial score (nSPS) is 20.4. The van der Waals surface area contributed by atoms with Gasteiger partial charge in [-0.3, -0.25) is 4.99 Å². The number of nitrogens with zero attached hydrogens (tertiary/aromatic N) is 2. The number of anilines is 1. The predicted octanol–water partition coefficient (Wildman–Crippen LogP) is 2.15. The average molecular weight is 217 g/mol. The molecule has 1 unspecified atom stereocenters. The summed E-state index contributed by atoms with van der Waals surface area (Å²) in [6, 6.07) is 8.83. The van der Waals surface area contributed by atoms with Crippen molar-refractivity contribution in [1.29, 1.82) is 0 Å². The second kappa shape index (κ2) is 4.16. The SMILES string of the molecule is Cc1ccc(N2C(N)=NCC2C(C)C)cc1. The van der Waals surface area contributed by atoms with E-state index in [0.29, 0.717) is 17.9 Å². The van der Waals surface area contributed by atoms with Crippen LogP contribution in [-0.4, -0.2) is 18.5 Å². The summed E-state index contributed by atoms with van der Waals surface area (Å²) in [4.78, 5) is 6.48. The van der Waals surface area contributed by atoms with Crippen molar-refractivity contribution in [2.75, 3.05) is 11.4 Å². The number of aryl methyl sites for hydroxylation is 1. The van der Waals surface area contributed by atoms with Crippen LogP contribution in [0.5, 0.6) is 0 Å². The minimum absolute atomic E-state index is 0.391. The average Bonchev–Trinajstić information content (AvgIpc) is 2.62. The van der Waals surface area contributed by atoms with Gasteiger partial charge in [-0.25, -0.2) is 0 Å². The lowest BCUT2D eigenvalue weighted by molar-refractivity contribution is 0.517. The first-order valence-corrected chi connectivity index (χ1v) is 5.75. The molecule has 3 nitrogen and oxygen atoms in total. The lowest BCUT2D eigenvalue weighted by Crippen LogP contribution is -2.43. The number of benzene rings is 1. The molecule has 0 aliphatic carbocycles. The molecule has 0 spiro atoms. The van der Waals surface area contributed by atoms with E-state index in [0.717, 1.165) is 12.2 Å². The van der Waals surface area contributed by atoms with E-state index in [-0.39, 0.29) is 0 Å². The molecule has 0 amide bonds. The van der Waals surface area contributed by atoms with E-state index in [4.69, 9.17) is 5.73 Å². The van der Waals surface area contributed by atoms with Crippen LogP contribution < -0.4 is 10.6 Å². The Kier molecular flexibility index (Phi) is 2.86. The summed E-state index contributed by atoms with van der Waals surface area (Å²) in [5, 5.41) is 0. The molecule has 16 heavy (non-hydrogen) atoms. The van der Waals surface area contributed by atoms with Crippen molar-refractivity contribution in [3.8, 4) is 0 Å². The highest BCUT2D eigenvalue weighted by Gasteiger charge is 2.29. The molecule has 1 aromatic rings. The van der Waals surface area contributed by atoms with Gasteiger partial charge in [0.1, 0.15) is 0 Å². The van der Waals surface area contributed by atoms with Crippen molar-refractivity contribution in [2.24, 2.45) is 16.6 Å². The molecule has 0 fully saturated rings. The molecule has 1 atom stereocenters. The van der Waals surface area contributed by atoms with E-state index in [9.17, 15) is 0 Å². The number of aliphatic imine (C=N–C) groups is 1. The molecule has 1 heterocycles. The van der Waals surface area contributed by atoms with Crippen LogP contribution in [0.3, 0.4) is 0 Å². The van der Waals surface area contributed by atoms with Gasteiger partial charge in [-0.15, -0.1) is 0 Å². The maximum Gasteiger partial charge on any atom is 0.196 e. The van der Waals surface area contributed by atoms with Crippen molar-refractivity contribution in [3.63, 3.8) is 0 Å². The lowest BCUT2D eigenvalue weighted by atomic mass is 10.0. The quantitative estimate of drug-likeness (QED) is 0.824. The molecule has 1 aliphatic rings. The Morgan fingerprint density at radius 1 is 1.31 bits per heavy atom. The standard InChI is InChI=1S/C13H19N3/c1-9(2)12-8-15-13(14)16(12)11-6-4-10(3)5-7-11/h4-7,9,12H,8H2,1-3H3,(H2,14,15). The van der Waals surface area contributed by atoms with Crippen LogP contribution in [0, 0.1) is 12.8 Å². The highest BCUT2D eigenvalue weighted by Crippen LogP contribution is 2.24. The first-order valence-electron chi connectivity index (χ1n) is 5.75. The number of nitrogens with two attached hydrogens (primary N) is 1. The molecule has 0 bridgehead atoms. The largest absolute Gasteiger partial charge is 0.370 e. The third-order valence-electron chi connectivity index (χ3n) is 3.10. The monoisotopic (exact) mass is 217 g/mol. The van der Waals surface area contributed by atoms with Crippen LogP contribution in [0.4, 0.5) is 5.69 Å². The van der Waals surface area contributed by atoms with Crippen molar-refractivity contribution in [2.45, 2.75) is 26.8 Å². The second-order valence-corrected chi connectivity index (χ2v) is 4.72. The maximum atomic E-state index is 5.95. The summed E-state index contributed by atoms with van der Waals surface area (Å²) in [5.41, 5.74) is 8.36. The number of hydrogen-bond donors (Lipinski definition) is 1. The summed E-state index contributed by atoms with van der Waals surface area (Å²) in [6.45, 7) is 7.31. The van der Waals surface area contributed by atoms with Crippen LogP contribution in [0.1, 0.15) is 19.4 Å². The predicted molar refractivity (Wildman–Crippen MR) is 68.8 cm³/mol. The summed E-state index contributed by atoms with van der Waals surface area (Å²) >= 11 is 0. The van der Waals surface area contributed by atoms with Crippen LogP contribution >= 0.6 is 0 Å². The van der Waals surface area contributed by atoms with E-state index in [1.54, 1.807) is 0 Å². The third-order valence-corrected chi connectivity index (χ3v) is 3.10. The van der Waals surface area contributed by atoms with Gasteiger partial charge in [-0.2, -0.15) is 0 Å². The molecule has 0 saturated heterocycles. The zero-order chi connectivity index (χ0) is 11.7. The zero-order valence-corrected chi connectivity index (χ0v) is 10.1. The van der Waals surface area contributed by atoms with E-state index in [1.165, 1.54) is 5.56 Å². The van der Waals surface area contributed by atoms with Gasteiger partial charge in [0.15, 0.2) is 5.96 Å². The molecular weight excluding hydrogens is 198 g/mol. The van der Waals surface area contributed by atoms with Gasteiger partial charge in [0, 0.05) is 5.69 Å². The molecule has 86 valence electrons.